The Labute approximate surface area is 144 Å². The summed E-state index contributed by atoms with van der Waals surface area (Å²) in [5.74, 6) is 0. The molecule has 0 unspecified atom stereocenters. The van der Waals surface area contributed by atoms with Crippen LogP contribution in [0.1, 0.15) is 0 Å². The first-order valence-electron chi connectivity index (χ1n) is 5.63. The van der Waals surface area contributed by atoms with Crippen molar-refractivity contribution in [2.24, 2.45) is 0 Å². The highest BCUT2D eigenvalue weighted by Gasteiger charge is 2.14. The molecular weight excluding hydrogens is 500 g/mol. The molecule has 3 rings (SSSR count). The number of benzene rings is 3. The molecule has 0 radical (unpaired) electrons. The summed E-state index contributed by atoms with van der Waals surface area (Å²) in [5, 5.41) is 5.18. The summed E-state index contributed by atoms with van der Waals surface area (Å²) in [7, 11) is 3.42. The Bertz CT molecular complexity index is 675. The molecular formula is C14H9I2NS2. The zero-order valence-corrected chi connectivity index (χ0v) is 15.7. The minimum absolute atomic E-state index is 1.28. The lowest BCUT2D eigenvalue weighted by Crippen LogP contribution is -1.99. The molecule has 5 heteroatoms. The Morgan fingerprint density at radius 2 is 1.21 bits per heavy atom. The summed E-state index contributed by atoms with van der Waals surface area (Å²) in [6.07, 6.45) is 0. The molecule has 0 saturated heterocycles. The van der Waals surface area contributed by atoms with Crippen molar-refractivity contribution >= 4 is 87.9 Å². The molecule has 96 valence electrons. The minimum atomic E-state index is 1.28. The van der Waals surface area contributed by atoms with Gasteiger partial charge in [0.2, 0.25) is 0 Å². The molecule has 0 fully saturated rings. The normalized spacial score (nSPS) is 11.1. The van der Waals surface area contributed by atoms with Crippen LogP contribution in [0.3, 0.4) is 0 Å². The van der Waals surface area contributed by atoms with E-state index in [1.807, 2.05) is 0 Å². The van der Waals surface area contributed by atoms with Crippen LogP contribution in [0.5, 0.6) is 0 Å². The van der Waals surface area contributed by atoms with E-state index in [9.17, 15) is 0 Å². The Hall–Kier alpha value is 0.140. The van der Waals surface area contributed by atoms with E-state index in [0.29, 0.717) is 0 Å². The molecule has 0 aromatic heterocycles. The quantitative estimate of drug-likeness (QED) is 0.218. The van der Waals surface area contributed by atoms with Gasteiger partial charge in [0, 0.05) is 71.4 Å². The highest BCUT2D eigenvalue weighted by molar-refractivity contribution is 14.2. The van der Waals surface area contributed by atoms with E-state index in [1.165, 1.54) is 27.2 Å². The zero-order chi connectivity index (χ0) is 13.2. The van der Waals surface area contributed by atoms with Crippen molar-refractivity contribution in [1.29, 1.82) is 0 Å². The molecule has 3 aromatic rings. The number of rotatable bonds is 3. The molecule has 3 aromatic carbocycles. The fraction of sp³-hybridized carbons (Fsp3) is 0. The molecule has 0 heterocycles. The highest BCUT2D eigenvalue weighted by atomic mass is 127. The Kier molecular flexibility index (Phi) is 4.66. The molecule has 0 bridgehead atoms. The van der Waals surface area contributed by atoms with Gasteiger partial charge in [0.1, 0.15) is 0 Å². The molecule has 1 nitrogen and oxygen atoms in total. The lowest BCUT2D eigenvalue weighted by atomic mass is 10.0. The summed E-state index contributed by atoms with van der Waals surface area (Å²) in [6, 6.07) is 19.4. The third-order valence-electron chi connectivity index (χ3n) is 3.05. The van der Waals surface area contributed by atoms with Gasteiger partial charge in [-0.15, -0.1) is 0 Å². The number of anilines is 1. The van der Waals surface area contributed by atoms with Gasteiger partial charge in [-0.3, -0.25) is 0 Å². The fourth-order valence-corrected chi connectivity index (χ4v) is 8.28. The highest BCUT2D eigenvalue weighted by Crippen LogP contribution is 2.45. The van der Waals surface area contributed by atoms with Crippen molar-refractivity contribution in [3.8, 4) is 0 Å². The molecule has 0 aliphatic carbocycles. The molecule has 19 heavy (non-hydrogen) atoms. The van der Waals surface area contributed by atoms with Crippen LogP contribution < -0.4 is 3.71 Å². The van der Waals surface area contributed by atoms with Gasteiger partial charge in [0.25, 0.3) is 0 Å². The Morgan fingerprint density at radius 3 is 1.68 bits per heavy atom. The van der Waals surface area contributed by atoms with Gasteiger partial charge in [0.05, 0.1) is 5.69 Å². The van der Waals surface area contributed by atoms with Crippen LogP contribution in [0.15, 0.2) is 54.6 Å². The van der Waals surface area contributed by atoms with E-state index in [4.69, 9.17) is 0 Å². The summed E-state index contributed by atoms with van der Waals surface area (Å²) in [6.45, 7) is 0. The van der Waals surface area contributed by atoms with Gasteiger partial charge in [-0.1, -0.05) is 48.5 Å². The van der Waals surface area contributed by atoms with Crippen molar-refractivity contribution in [1.82, 2.24) is 0 Å². The predicted molar refractivity (Wildman–Crippen MR) is 107 cm³/mol. The van der Waals surface area contributed by atoms with Crippen LogP contribution in [0.4, 0.5) is 5.69 Å². The van der Waals surface area contributed by atoms with Crippen molar-refractivity contribution < 1.29 is 0 Å². The van der Waals surface area contributed by atoms with Crippen LogP contribution >= 0.6 is 60.6 Å². The first kappa shape index (κ1) is 14.1. The first-order valence-corrected chi connectivity index (χ1v) is 12.3. The number of hydrogen-bond acceptors (Lipinski definition) is 3. The lowest BCUT2D eigenvalue weighted by molar-refractivity contribution is 1.70. The van der Waals surface area contributed by atoms with Gasteiger partial charge >= 0.3 is 0 Å². The van der Waals surface area contributed by atoms with Crippen molar-refractivity contribution in [3.63, 3.8) is 0 Å². The average Bonchev–Trinajstić information content (AvgIpc) is 2.47. The van der Waals surface area contributed by atoms with E-state index >= 15 is 0 Å². The molecule has 0 atom stereocenters. The summed E-state index contributed by atoms with van der Waals surface area (Å²) < 4.78 is 2.26. The molecule has 0 aliphatic rings. The minimum Gasteiger partial charge on any atom is -0.239 e. The Morgan fingerprint density at radius 1 is 0.737 bits per heavy atom. The lowest BCUT2D eigenvalue weighted by Gasteiger charge is -2.20. The number of fused-ring (bicyclic) bond motifs is 2. The largest absolute Gasteiger partial charge is 0.239 e. The predicted octanol–water partition coefficient (Wildman–Crippen LogP) is 6.80. The average molecular weight is 509 g/mol. The molecule has 0 aliphatic heterocycles. The second-order valence-electron chi connectivity index (χ2n) is 4.06. The first-order chi connectivity index (χ1) is 9.35. The van der Waals surface area contributed by atoms with Crippen LogP contribution in [0, 0.1) is 0 Å². The van der Waals surface area contributed by atoms with Crippen molar-refractivity contribution in [2.45, 2.75) is 0 Å². The standard InChI is InChI=1S/C14H9I2NS2/c15-18-17(19-16)14-12-7-3-1-5-10(12)9-11-6-2-4-8-13(11)14/h1-9H. The monoisotopic (exact) mass is 509 g/mol. The maximum Gasteiger partial charge on any atom is 0.0766 e. The van der Waals surface area contributed by atoms with E-state index in [-0.39, 0.29) is 0 Å². The topological polar surface area (TPSA) is 3.24 Å². The number of hydrogen-bond donors (Lipinski definition) is 0. The molecule has 0 saturated carbocycles. The third-order valence-corrected chi connectivity index (χ3v) is 8.08. The maximum absolute atomic E-state index is 2.34. The van der Waals surface area contributed by atoms with E-state index in [1.54, 1.807) is 18.2 Å². The van der Waals surface area contributed by atoms with Crippen LogP contribution in [0.2, 0.25) is 0 Å². The number of halogens is 2. The maximum atomic E-state index is 2.34. The van der Waals surface area contributed by atoms with Gasteiger partial charge in [-0.05, 0) is 16.8 Å². The van der Waals surface area contributed by atoms with Crippen molar-refractivity contribution in [2.75, 3.05) is 3.71 Å². The van der Waals surface area contributed by atoms with Gasteiger partial charge < -0.3 is 0 Å². The van der Waals surface area contributed by atoms with E-state index < -0.39 is 0 Å². The van der Waals surface area contributed by atoms with Crippen LogP contribution in [0.25, 0.3) is 21.5 Å². The third kappa shape index (κ3) is 2.66. The van der Waals surface area contributed by atoms with Crippen LogP contribution in [-0.2, 0) is 0 Å². The van der Waals surface area contributed by atoms with Gasteiger partial charge in [-0.2, -0.15) is 0 Å². The summed E-state index contributed by atoms with van der Waals surface area (Å²) in [5.41, 5.74) is 1.28. The molecule has 0 spiro atoms. The molecule has 0 amide bonds. The fourth-order valence-electron chi connectivity index (χ4n) is 2.27. The molecule has 0 N–H and O–H groups in total. The SMILES string of the molecule is ISN(SI)c1c2ccccc2cc2ccccc12. The second kappa shape index (κ2) is 6.28. The van der Waals surface area contributed by atoms with Crippen LogP contribution in [-0.4, -0.2) is 0 Å². The smallest absolute Gasteiger partial charge is 0.0766 e. The number of nitrogens with zero attached hydrogens (tertiary/aromatic N) is 1. The van der Waals surface area contributed by atoms with E-state index in [2.05, 4.69) is 101 Å². The summed E-state index contributed by atoms with van der Waals surface area (Å²) >= 11 is 4.67. The van der Waals surface area contributed by atoms with E-state index in [0.717, 1.165) is 0 Å². The Balaban J connectivity index is 2.45. The zero-order valence-electron chi connectivity index (χ0n) is 9.72. The second-order valence-corrected chi connectivity index (χ2v) is 7.66. The van der Waals surface area contributed by atoms with Gasteiger partial charge in [-0.25, -0.2) is 3.71 Å². The summed E-state index contributed by atoms with van der Waals surface area (Å²) in [4.78, 5) is 0. The van der Waals surface area contributed by atoms with Crippen molar-refractivity contribution in [3.05, 3.63) is 54.6 Å². The van der Waals surface area contributed by atoms with Gasteiger partial charge in [0.15, 0.2) is 0 Å².